The van der Waals surface area contributed by atoms with Crippen LogP contribution in [0.15, 0.2) is 4.99 Å². The molecule has 3 nitrogen and oxygen atoms in total. The quantitative estimate of drug-likeness (QED) is 0.867. The molecule has 3 aliphatic rings. The monoisotopic (exact) mass is 295 g/mol. The van der Waals surface area contributed by atoms with Gasteiger partial charge in [0.05, 0.1) is 0 Å². The number of nitrogens with zero attached hydrogens (tertiary/aromatic N) is 2. The van der Waals surface area contributed by atoms with E-state index in [-0.39, 0.29) is 0 Å². The third-order valence-electron chi connectivity index (χ3n) is 5.38. The van der Waals surface area contributed by atoms with Gasteiger partial charge in [0.2, 0.25) is 0 Å². The molecule has 114 valence electrons. The summed E-state index contributed by atoms with van der Waals surface area (Å²) in [7, 11) is 0. The Labute approximate surface area is 128 Å². The lowest BCUT2D eigenvalue weighted by molar-refractivity contribution is 0.232. The van der Waals surface area contributed by atoms with Gasteiger partial charge in [-0.25, -0.2) is 0 Å². The molecule has 1 aliphatic carbocycles. The van der Waals surface area contributed by atoms with Gasteiger partial charge in [-0.2, -0.15) is 0 Å². The van der Waals surface area contributed by atoms with E-state index >= 15 is 0 Å². The summed E-state index contributed by atoms with van der Waals surface area (Å²) in [6.45, 7) is 6.91. The Hall–Kier alpha value is -0.220. The van der Waals surface area contributed by atoms with Gasteiger partial charge in [0.1, 0.15) is 0 Å². The summed E-state index contributed by atoms with van der Waals surface area (Å²) < 4.78 is 0. The molecule has 4 heteroatoms. The summed E-state index contributed by atoms with van der Waals surface area (Å²) in [4.78, 5) is 7.47. The molecule has 1 atom stereocenters. The molecule has 1 unspecified atom stereocenters. The fraction of sp³-hybridized carbons (Fsp3) is 0.938. The zero-order valence-corrected chi connectivity index (χ0v) is 13.7. The van der Waals surface area contributed by atoms with Gasteiger partial charge >= 0.3 is 0 Å². The van der Waals surface area contributed by atoms with Gasteiger partial charge in [0.15, 0.2) is 5.17 Å². The zero-order valence-electron chi connectivity index (χ0n) is 12.9. The number of rotatable bonds is 3. The fourth-order valence-corrected chi connectivity index (χ4v) is 5.18. The largest absolute Gasteiger partial charge is 0.363 e. The molecule has 3 rings (SSSR count). The number of nitrogens with one attached hydrogen (secondary N) is 1. The number of amidine groups is 1. The number of hydrogen-bond acceptors (Lipinski definition) is 4. The lowest BCUT2D eigenvalue weighted by Crippen LogP contribution is -2.42. The van der Waals surface area contributed by atoms with E-state index in [9.17, 15) is 0 Å². The highest BCUT2D eigenvalue weighted by molar-refractivity contribution is 8.13. The maximum atomic E-state index is 4.87. The second-order valence-corrected chi connectivity index (χ2v) is 7.74. The predicted octanol–water partition coefficient (Wildman–Crippen LogP) is 3.11. The van der Waals surface area contributed by atoms with Crippen molar-refractivity contribution in [2.45, 2.75) is 57.9 Å². The first-order chi connectivity index (χ1) is 9.81. The molecule has 1 saturated heterocycles. The molecule has 0 amide bonds. The normalized spacial score (nSPS) is 30.4. The van der Waals surface area contributed by atoms with Crippen molar-refractivity contribution in [3.63, 3.8) is 0 Å². The number of hydrogen-bond donors (Lipinski definition) is 1. The van der Waals surface area contributed by atoms with Crippen LogP contribution in [-0.4, -0.2) is 48.0 Å². The summed E-state index contributed by atoms with van der Waals surface area (Å²) >= 11 is 1.98. The molecule has 1 N–H and O–H groups in total. The van der Waals surface area contributed by atoms with E-state index in [0.717, 1.165) is 19.1 Å². The van der Waals surface area contributed by atoms with Crippen LogP contribution >= 0.6 is 11.8 Å². The highest BCUT2D eigenvalue weighted by atomic mass is 32.2. The molecule has 0 aromatic rings. The van der Waals surface area contributed by atoms with Crippen LogP contribution in [0.3, 0.4) is 0 Å². The number of likely N-dealkylation sites (N-methyl/N-ethyl adjacent to an activating group) is 1. The summed E-state index contributed by atoms with van der Waals surface area (Å²) in [6.07, 6.45) is 9.81. The number of aliphatic imine (C=N–C) groups is 1. The standard InChI is InChI=1S/C16H29N3S/c1-2-19-10-6-7-14(19)11-17-15-18-12-16(13-20-15)8-4-3-5-9-16/h14H,2-13H2,1H3,(H,17,18). The van der Waals surface area contributed by atoms with Crippen molar-refractivity contribution in [1.82, 2.24) is 10.2 Å². The number of likely N-dealkylation sites (tertiary alicyclic amines) is 1. The van der Waals surface area contributed by atoms with E-state index in [2.05, 4.69) is 17.1 Å². The first-order valence-electron chi connectivity index (χ1n) is 8.46. The average Bonchev–Trinajstić information content (AvgIpc) is 2.95. The molecular formula is C16H29N3S. The molecule has 1 spiro atoms. The summed E-state index contributed by atoms with van der Waals surface area (Å²) in [5.41, 5.74) is 0.552. The number of thioether (sulfide) groups is 1. The second-order valence-electron chi connectivity index (χ2n) is 6.78. The summed E-state index contributed by atoms with van der Waals surface area (Å²) in [5.74, 6) is 1.29. The molecule has 2 fully saturated rings. The first-order valence-corrected chi connectivity index (χ1v) is 9.45. The third kappa shape index (κ3) is 3.33. The Morgan fingerprint density at radius 3 is 2.85 bits per heavy atom. The molecule has 20 heavy (non-hydrogen) atoms. The van der Waals surface area contributed by atoms with Crippen molar-refractivity contribution in [1.29, 1.82) is 0 Å². The van der Waals surface area contributed by atoms with Crippen LogP contribution in [-0.2, 0) is 0 Å². The maximum Gasteiger partial charge on any atom is 0.156 e. The highest BCUT2D eigenvalue weighted by Gasteiger charge is 2.35. The van der Waals surface area contributed by atoms with E-state index in [4.69, 9.17) is 4.99 Å². The summed E-state index contributed by atoms with van der Waals surface area (Å²) in [6, 6.07) is 0.730. The van der Waals surface area contributed by atoms with Crippen LogP contribution < -0.4 is 5.32 Å². The highest BCUT2D eigenvalue weighted by Crippen LogP contribution is 2.41. The van der Waals surface area contributed by atoms with Crippen molar-refractivity contribution in [2.24, 2.45) is 10.4 Å². The van der Waals surface area contributed by atoms with Gasteiger partial charge in [-0.05, 0) is 44.2 Å². The molecular weight excluding hydrogens is 266 g/mol. The predicted molar refractivity (Wildman–Crippen MR) is 88.5 cm³/mol. The molecule has 0 aromatic heterocycles. The van der Waals surface area contributed by atoms with E-state index in [1.54, 1.807) is 0 Å². The van der Waals surface area contributed by atoms with Crippen LogP contribution in [0.4, 0.5) is 0 Å². The van der Waals surface area contributed by atoms with Crippen LogP contribution in [0.25, 0.3) is 0 Å². The summed E-state index contributed by atoms with van der Waals surface area (Å²) in [5, 5.41) is 4.83. The maximum absolute atomic E-state index is 4.87. The van der Waals surface area contributed by atoms with Crippen LogP contribution in [0.2, 0.25) is 0 Å². The Balaban J connectivity index is 1.47. The van der Waals surface area contributed by atoms with Gasteiger partial charge < -0.3 is 5.32 Å². The van der Waals surface area contributed by atoms with Crippen LogP contribution in [0, 0.1) is 5.41 Å². The zero-order chi connectivity index (χ0) is 13.8. The van der Waals surface area contributed by atoms with E-state index in [0.29, 0.717) is 5.41 Å². The van der Waals surface area contributed by atoms with Crippen molar-refractivity contribution in [3.8, 4) is 0 Å². The SMILES string of the molecule is CCN1CCCC1CNC1=NCC2(CCCCC2)CS1. The Morgan fingerprint density at radius 2 is 2.15 bits per heavy atom. The van der Waals surface area contributed by atoms with Gasteiger partial charge in [-0.3, -0.25) is 9.89 Å². The molecule has 2 aliphatic heterocycles. The fourth-order valence-electron chi connectivity index (χ4n) is 4.01. The smallest absolute Gasteiger partial charge is 0.156 e. The molecule has 0 bridgehead atoms. The average molecular weight is 295 g/mol. The Bertz CT molecular complexity index is 350. The van der Waals surface area contributed by atoms with E-state index in [1.807, 2.05) is 11.8 Å². The van der Waals surface area contributed by atoms with Crippen molar-refractivity contribution in [2.75, 3.05) is 31.9 Å². The lowest BCUT2D eigenvalue weighted by atomic mass is 9.75. The molecule has 1 saturated carbocycles. The van der Waals surface area contributed by atoms with Gasteiger partial charge in [-0.1, -0.05) is 37.9 Å². The van der Waals surface area contributed by atoms with E-state index < -0.39 is 0 Å². The topological polar surface area (TPSA) is 27.6 Å². The molecule has 0 radical (unpaired) electrons. The Kier molecular flexibility index (Phi) is 4.92. The van der Waals surface area contributed by atoms with Crippen LogP contribution in [0.5, 0.6) is 0 Å². The van der Waals surface area contributed by atoms with E-state index in [1.165, 1.54) is 69.0 Å². The first kappa shape index (κ1) is 14.7. The Morgan fingerprint density at radius 1 is 1.30 bits per heavy atom. The van der Waals surface area contributed by atoms with Crippen LogP contribution in [0.1, 0.15) is 51.9 Å². The minimum Gasteiger partial charge on any atom is -0.363 e. The minimum absolute atomic E-state index is 0.552. The van der Waals surface area contributed by atoms with Crippen molar-refractivity contribution in [3.05, 3.63) is 0 Å². The van der Waals surface area contributed by atoms with Crippen molar-refractivity contribution >= 4 is 16.9 Å². The second kappa shape index (κ2) is 6.69. The molecule has 2 heterocycles. The lowest BCUT2D eigenvalue weighted by Gasteiger charge is -2.38. The molecule has 0 aromatic carbocycles. The van der Waals surface area contributed by atoms with Gasteiger partial charge in [-0.15, -0.1) is 0 Å². The third-order valence-corrected chi connectivity index (χ3v) is 6.69. The minimum atomic E-state index is 0.552. The van der Waals surface area contributed by atoms with Crippen molar-refractivity contribution < 1.29 is 0 Å². The van der Waals surface area contributed by atoms with Gasteiger partial charge in [0.25, 0.3) is 0 Å². The van der Waals surface area contributed by atoms with Gasteiger partial charge in [0, 0.05) is 24.9 Å².